The van der Waals surface area contributed by atoms with Gasteiger partial charge in [-0.3, -0.25) is 0 Å². The molecule has 4 rings (SSSR count). The van der Waals surface area contributed by atoms with Gasteiger partial charge in [-0.15, -0.1) is 0 Å². The molecule has 1 aromatic rings. The Kier molecular flexibility index (Phi) is 7.00. The molecule has 5 nitrogen and oxygen atoms in total. The van der Waals surface area contributed by atoms with E-state index in [1.807, 2.05) is 43.9 Å². The quantitative estimate of drug-likeness (QED) is 0.417. The number of likely N-dealkylation sites (tertiary alicyclic amines) is 1. The Hall–Kier alpha value is -1.72. The number of rotatable bonds is 3. The van der Waals surface area contributed by atoms with Gasteiger partial charge < -0.3 is 19.1 Å². The zero-order valence-electron chi connectivity index (χ0n) is 21.6. The fraction of sp³-hybridized carbons (Fsp3) is 0.679. The van der Waals surface area contributed by atoms with Crippen molar-refractivity contribution in [1.82, 2.24) is 4.90 Å². The number of nitrogens with zero attached hydrogens (tertiary/aromatic N) is 1. The van der Waals surface area contributed by atoms with E-state index in [0.29, 0.717) is 24.7 Å². The first-order valence-corrected chi connectivity index (χ1v) is 13.0. The molecule has 3 aliphatic rings. The van der Waals surface area contributed by atoms with Crippen LogP contribution in [0.15, 0.2) is 29.8 Å². The lowest BCUT2D eigenvalue weighted by molar-refractivity contribution is -0.179. The Morgan fingerprint density at radius 1 is 1.26 bits per heavy atom. The van der Waals surface area contributed by atoms with Gasteiger partial charge in [-0.25, -0.2) is 4.79 Å². The largest absolute Gasteiger partial charge is 0.487 e. The first-order valence-electron chi connectivity index (χ1n) is 12.6. The van der Waals surface area contributed by atoms with Gasteiger partial charge >= 0.3 is 6.09 Å². The summed E-state index contributed by atoms with van der Waals surface area (Å²) in [7, 11) is 0. The number of allylic oxidation sites excluding steroid dienone is 2. The van der Waals surface area contributed by atoms with Gasteiger partial charge in [0.15, 0.2) is 0 Å². The second-order valence-electron chi connectivity index (χ2n) is 11.9. The molecule has 0 aromatic heterocycles. The van der Waals surface area contributed by atoms with Crippen molar-refractivity contribution in [2.24, 2.45) is 11.3 Å². The fourth-order valence-corrected chi connectivity index (χ4v) is 5.92. The van der Waals surface area contributed by atoms with Gasteiger partial charge in [-0.05, 0) is 97.3 Å². The van der Waals surface area contributed by atoms with E-state index in [1.54, 1.807) is 0 Å². The number of fused-ring (bicyclic) bond motifs is 3. The van der Waals surface area contributed by atoms with Crippen LogP contribution >= 0.6 is 11.6 Å². The van der Waals surface area contributed by atoms with Crippen LogP contribution in [0.4, 0.5) is 4.79 Å². The molecule has 3 atom stereocenters. The van der Waals surface area contributed by atoms with Gasteiger partial charge in [0.1, 0.15) is 17.0 Å². The molecule has 34 heavy (non-hydrogen) atoms. The normalized spacial score (nSPS) is 27.9. The maximum Gasteiger partial charge on any atom is 0.410 e. The molecule has 2 saturated heterocycles. The lowest BCUT2D eigenvalue weighted by atomic mass is 9.63. The van der Waals surface area contributed by atoms with E-state index in [1.165, 1.54) is 5.57 Å². The molecule has 6 heteroatoms. The number of benzene rings is 1. The predicted molar refractivity (Wildman–Crippen MR) is 135 cm³/mol. The molecule has 2 fully saturated rings. The van der Waals surface area contributed by atoms with Crippen molar-refractivity contribution in [2.75, 3.05) is 19.7 Å². The second-order valence-corrected chi connectivity index (χ2v) is 12.4. The van der Waals surface area contributed by atoms with E-state index in [4.69, 9.17) is 25.8 Å². The average molecular weight is 490 g/mol. The monoisotopic (exact) mass is 489 g/mol. The summed E-state index contributed by atoms with van der Waals surface area (Å²) in [6, 6.07) is 5.89. The molecule has 3 heterocycles. The molecular weight excluding hydrogens is 450 g/mol. The van der Waals surface area contributed by atoms with Gasteiger partial charge in [-0.1, -0.05) is 23.3 Å². The number of ether oxygens (including phenoxy) is 3. The van der Waals surface area contributed by atoms with Crippen LogP contribution in [0, 0.1) is 11.3 Å². The van der Waals surface area contributed by atoms with Crippen LogP contribution in [0.2, 0.25) is 5.02 Å². The molecule has 0 unspecified atom stereocenters. The Bertz CT molecular complexity index is 940. The Labute approximate surface area is 209 Å². The van der Waals surface area contributed by atoms with Crippen LogP contribution in [-0.4, -0.2) is 41.9 Å². The summed E-state index contributed by atoms with van der Waals surface area (Å²) in [5.41, 5.74) is 1.64. The minimum atomic E-state index is -0.478. The van der Waals surface area contributed by atoms with Gasteiger partial charge in [-0.2, -0.15) is 0 Å². The maximum absolute atomic E-state index is 12.6. The number of carbonyl (C=O) groups is 1. The third-order valence-corrected chi connectivity index (χ3v) is 7.90. The number of amides is 1. The summed E-state index contributed by atoms with van der Waals surface area (Å²) >= 11 is 6.36. The summed E-state index contributed by atoms with van der Waals surface area (Å²) in [6.45, 7) is 14.4. The molecule has 0 aliphatic carbocycles. The lowest BCUT2D eigenvalue weighted by Crippen LogP contribution is -2.56. The van der Waals surface area contributed by atoms with Crippen molar-refractivity contribution in [3.8, 4) is 5.75 Å². The highest BCUT2D eigenvalue weighted by molar-refractivity contribution is 6.30. The van der Waals surface area contributed by atoms with E-state index in [2.05, 4.69) is 26.8 Å². The number of piperidine rings is 1. The fourth-order valence-electron chi connectivity index (χ4n) is 5.74. The van der Waals surface area contributed by atoms with Crippen molar-refractivity contribution in [3.05, 3.63) is 40.4 Å². The van der Waals surface area contributed by atoms with E-state index < -0.39 is 5.60 Å². The minimum Gasteiger partial charge on any atom is -0.487 e. The third kappa shape index (κ3) is 5.41. The Balaban J connectivity index is 1.54. The molecule has 0 N–H and O–H groups in total. The molecule has 1 amide bonds. The first kappa shape index (κ1) is 25.4. The SMILES string of the molecule is CC(C)=CCC[C@]1(C)Oc2ccc(Cl)cc2[C@H]2OCC3(CCN(C(=O)OC(C)(C)C)CC3)C[C@@H]21. The number of halogens is 1. The van der Waals surface area contributed by atoms with Crippen LogP contribution in [0.3, 0.4) is 0 Å². The average Bonchev–Trinajstić information content (AvgIpc) is 2.74. The van der Waals surface area contributed by atoms with E-state index >= 15 is 0 Å². The van der Waals surface area contributed by atoms with Crippen molar-refractivity contribution < 1.29 is 19.0 Å². The molecule has 1 spiro atoms. The third-order valence-electron chi connectivity index (χ3n) is 7.66. The van der Waals surface area contributed by atoms with Gasteiger partial charge in [0, 0.05) is 29.6 Å². The van der Waals surface area contributed by atoms with Crippen LogP contribution in [0.25, 0.3) is 0 Å². The minimum absolute atomic E-state index is 0.0198. The van der Waals surface area contributed by atoms with Crippen LogP contribution in [0.5, 0.6) is 5.75 Å². The summed E-state index contributed by atoms with van der Waals surface area (Å²) in [6.07, 6.45) is 6.83. The van der Waals surface area contributed by atoms with Crippen molar-refractivity contribution in [3.63, 3.8) is 0 Å². The molecule has 0 radical (unpaired) electrons. The molecule has 3 aliphatic heterocycles. The number of hydrogen-bond acceptors (Lipinski definition) is 4. The maximum atomic E-state index is 12.6. The van der Waals surface area contributed by atoms with Crippen LogP contribution < -0.4 is 4.74 Å². The van der Waals surface area contributed by atoms with Gasteiger partial charge in [0.2, 0.25) is 0 Å². The van der Waals surface area contributed by atoms with Crippen molar-refractivity contribution in [1.29, 1.82) is 0 Å². The Morgan fingerprint density at radius 2 is 1.97 bits per heavy atom. The van der Waals surface area contributed by atoms with Crippen LogP contribution in [-0.2, 0) is 9.47 Å². The van der Waals surface area contributed by atoms with Gasteiger partial charge in [0.25, 0.3) is 0 Å². The number of carbonyl (C=O) groups excluding carboxylic acids is 1. The zero-order chi connectivity index (χ0) is 24.7. The summed E-state index contributed by atoms with van der Waals surface area (Å²) in [4.78, 5) is 14.4. The molecular formula is C28H40ClNO4. The summed E-state index contributed by atoms with van der Waals surface area (Å²) in [5, 5.41) is 0.712. The van der Waals surface area contributed by atoms with E-state index in [-0.39, 0.29) is 29.1 Å². The standard InChI is InChI=1S/C28H40ClNO4/c1-19(2)8-7-11-27(6)22-17-28(12-14-30(15-13-28)25(31)34-26(3,4)5)18-32-24(22)21-16-20(29)9-10-23(21)33-27/h8-10,16,22,24H,7,11-15,17-18H2,1-6H3/t22-,24+,27-/m0/s1. The highest BCUT2D eigenvalue weighted by Gasteiger charge is 2.54. The molecule has 0 bridgehead atoms. The topological polar surface area (TPSA) is 48.0 Å². The molecule has 0 saturated carbocycles. The van der Waals surface area contributed by atoms with Gasteiger partial charge in [0.05, 0.1) is 12.7 Å². The lowest BCUT2D eigenvalue weighted by Gasteiger charge is -2.55. The first-order chi connectivity index (χ1) is 15.9. The highest BCUT2D eigenvalue weighted by Crippen LogP contribution is 2.57. The summed E-state index contributed by atoms with van der Waals surface area (Å²) in [5.74, 6) is 1.12. The van der Waals surface area contributed by atoms with E-state index in [0.717, 1.165) is 43.4 Å². The van der Waals surface area contributed by atoms with Crippen molar-refractivity contribution in [2.45, 2.75) is 91.0 Å². The van der Waals surface area contributed by atoms with Crippen LogP contribution in [0.1, 0.15) is 85.3 Å². The van der Waals surface area contributed by atoms with E-state index in [9.17, 15) is 4.79 Å². The number of hydrogen-bond donors (Lipinski definition) is 0. The predicted octanol–water partition coefficient (Wildman–Crippen LogP) is 7.33. The van der Waals surface area contributed by atoms with Crippen molar-refractivity contribution >= 4 is 17.7 Å². The molecule has 1 aromatic carbocycles. The second kappa shape index (κ2) is 9.39. The smallest absolute Gasteiger partial charge is 0.410 e. The zero-order valence-corrected chi connectivity index (χ0v) is 22.3. The molecule has 188 valence electrons. The highest BCUT2D eigenvalue weighted by atomic mass is 35.5. The Morgan fingerprint density at radius 3 is 2.62 bits per heavy atom. The summed E-state index contributed by atoms with van der Waals surface area (Å²) < 4.78 is 19.0.